The van der Waals surface area contributed by atoms with Crippen molar-refractivity contribution in [1.29, 1.82) is 0 Å². The molecule has 0 spiro atoms. The Labute approximate surface area is 278 Å². The summed E-state index contributed by atoms with van der Waals surface area (Å²) < 4.78 is 21.1. The predicted molar refractivity (Wildman–Crippen MR) is 184 cm³/mol. The zero-order chi connectivity index (χ0) is 35.3. The zero-order valence-electron chi connectivity index (χ0n) is 28.0. The minimum absolute atomic E-state index is 0.238. The molecular weight excluding hydrogens is 661 g/mol. The quantitative estimate of drug-likeness (QED) is 0.0948. The fourth-order valence-corrected chi connectivity index (χ4v) is 25.4. The highest BCUT2D eigenvalue weighted by molar-refractivity contribution is 6.95. The van der Waals surface area contributed by atoms with E-state index in [1.54, 1.807) is 0 Å². The van der Waals surface area contributed by atoms with E-state index in [2.05, 4.69) is 0 Å². The van der Waals surface area contributed by atoms with E-state index in [4.69, 9.17) is 26.2 Å². The van der Waals surface area contributed by atoms with Crippen molar-refractivity contribution in [2.45, 2.75) is 102 Å². The van der Waals surface area contributed by atoms with Crippen molar-refractivity contribution in [3.05, 3.63) is 44.2 Å². The maximum Gasteiger partial charge on any atom is 0.350 e. The standard InChI is InChI=1S/C31H52O11Si4/c1-24(2)14-19-45(7,40-43(3,4)17-15-25(20-28(32)33)21-29(34)35)42-46(8,27-12-10-9-11-13-27)41-44(5,6)18-16-26(22-30(36)37)23-31(38)39/h1-2,9-13,24-26H,14-23H2,3-8H3,(H,32,33)(H,34,35)(H,36,37)(H,38,39). The molecule has 0 saturated carbocycles. The third-order valence-electron chi connectivity index (χ3n) is 7.77. The van der Waals surface area contributed by atoms with E-state index in [9.17, 15) is 39.6 Å². The Morgan fingerprint density at radius 1 is 0.609 bits per heavy atom. The Morgan fingerprint density at radius 3 is 1.37 bits per heavy atom. The molecule has 0 aliphatic carbocycles. The molecule has 0 bridgehead atoms. The molecule has 0 amide bonds. The van der Waals surface area contributed by atoms with Crippen LogP contribution in [0.5, 0.6) is 0 Å². The molecular formula is C31H52O11Si4. The Kier molecular flexibility index (Phi) is 16.8. The van der Waals surface area contributed by atoms with Gasteiger partial charge in [-0.15, -0.1) is 0 Å². The summed E-state index contributed by atoms with van der Waals surface area (Å²) in [7, 11) is -11.5. The van der Waals surface area contributed by atoms with Crippen LogP contribution in [0.1, 0.15) is 44.9 Å². The van der Waals surface area contributed by atoms with Crippen LogP contribution in [0.2, 0.25) is 57.4 Å². The molecule has 1 aromatic carbocycles. The van der Waals surface area contributed by atoms with Gasteiger partial charge in [-0.05, 0) is 113 Å². The summed E-state index contributed by atoms with van der Waals surface area (Å²) in [5, 5.41) is 38.1. The maximum absolute atomic E-state index is 11.4. The van der Waals surface area contributed by atoms with Gasteiger partial charge in [0, 0.05) is 25.7 Å². The van der Waals surface area contributed by atoms with Gasteiger partial charge in [0.15, 0.2) is 16.6 Å². The molecule has 0 aliphatic heterocycles. The van der Waals surface area contributed by atoms with E-state index >= 15 is 0 Å². The van der Waals surface area contributed by atoms with Gasteiger partial charge in [0.1, 0.15) is 0 Å². The van der Waals surface area contributed by atoms with E-state index in [0.717, 1.165) is 5.19 Å². The summed E-state index contributed by atoms with van der Waals surface area (Å²) in [4.78, 5) is 45.5. The highest BCUT2D eigenvalue weighted by atomic mass is 28.5. The first kappa shape index (κ1) is 41.9. The van der Waals surface area contributed by atoms with Crippen LogP contribution in [0, 0.1) is 31.6 Å². The third kappa shape index (κ3) is 17.1. The van der Waals surface area contributed by atoms with Crippen molar-refractivity contribution < 1.29 is 51.9 Å². The van der Waals surface area contributed by atoms with Gasteiger partial charge >= 0.3 is 41.0 Å². The molecule has 0 aliphatic rings. The molecule has 1 aromatic rings. The van der Waals surface area contributed by atoms with E-state index < -0.39 is 75.4 Å². The SMILES string of the molecule is [CH]C([CH])CC[Si](C)(O[Si](C)(C)CCC(CC(=O)O)CC(=O)O)O[Si](C)(O[Si](C)(C)CCC(CC(=O)O)CC(=O)O)c1ccccc1. The van der Waals surface area contributed by atoms with Crippen LogP contribution >= 0.6 is 0 Å². The Bertz CT molecular complexity index is 1120. The van der Waals surface area contributed by atoms with Crippen LogP contribution < -0.4 is 5.19 Å². The summed E-state index contributed by atoms with van der Waals surface area (Å²) in [5.74, 6) is -5.83. The maximum atomic E-state index is 11.4. The normalized spacial score (nSPS) is 15.1. The number of carboxylic acids is 4. The second kappa shape index (κ2) is 18.4. The summed E-state index contributed by atoms with van der Waals surface area (Å²) in [5.41, 5.74) is 0. The van der Waals surface area contributed by atoms with Gasteiger partial charge < -0.3 is 32.8 Å². The van der Waals surface area contributed by atoms with E-state index in [1.807, 2.05) is 69.6 Å². The molecule has 15 heteroatoms. The number of carbonyl (C=O) groups is 4. The van der Waals surface area contributed by atoms with E-state index in [0.29, 0.717) is 37.4 Å². The predicted octanol–water partition coefficient (Wildman–Crippen LogP) is 5.84. The van der Waals surface area contributed by atoms with Crippen molar-refractivity contribution in [1.82, 2.24) is 0 Å². The van der Waals surface area contributed by atoms with Crippen LogP contribution in [0.3, 0.4) is 0 Å². The largest absolute Gasteiger partial charge is 0.481 e. The first-order valence-corrected chi connectivity index (χ1v) is 26.7. The van der Waals surface area contributed by atoms with Gasteiger partial charge in [0.05, 0.1) is 0 Å². The second-order valence-electron chi connectivity index (χ2n) is 13.7. The number of rotatable bonds is 24. The first-order chi connectivity index (χ1) is 21.1. The minimum atomic E-state index is -3.24. The highest BCUT2D eigenvalue weighted by Crippen LogP contribution is 2.33. The monoisotopic (exact) mass is 712 g/mol. The van der Waals surface area contributed by atoms with Gasteiger partial charge in [-0.3, -0.25) is 19.2 Å². The summed E-state index contributed by atoms with van der Waals surface area (Å²) in [6.07, 6.45) is 0.248. The molecule has 0 aromatic heterocycles. The average Bonchev–Trinajstić information content (AvgIpc) is 2.88. The summed E-state index contributed by atoms with van der Waals surface area (Å²) in [6, 6.07) is 11.1. The van der Waals surface area contributed by atoms with Crippen LogP contribution in [0.4, 0.5) is 0 Å². The van der Waals surface area contributed by atoms with Gasteiger partial charge in [-0.25, -0.2) is 0 Å². The molecule has 258 valence electrons. The molecule has 11 nitrogen and oxygen atoms in total. The Morgan fingerprint density at radius 2 is 1.00 bits per heavy atom. The number of hydrogen-bond acceptors (Lipinski definition) is 7. The van der Waals surface area contributed by atoms with Gasteiger partial charge in [0.2, 0.25) is 0 Å². The fraction of sp³-hybridized carbons (Fsp3) is 0.613. The molecule has 46 heavy (non-hydrogen) atoms. The molecule has 1 rings (SSSR count). The summed E-state index contributed by atoms with van der Waals surface area (Å²) in [6.45, 7) is 23.9. The average molecular weight is 713 g/mol. The second-order valence-corrected chi connectivity index (χ2v) is 29.4. The van der Waals surface area contributed by atoms with Crippen LogP contribution in [-0.4, -0.2) is 78.1 Å². The lowest BCUT2D eigenvalue weighted by molar-refractivity contribution is -0.142. The molecule has 2 unspecified atom stereocenters. The lowest BCUT2D eigenvalue weighted by Gasteiger charge is -2.44. The van der Waals surface area contributed by atoms with Crippen LogP contribution in [0.25, 0.3) is 0 Å². The molecule has 4 radical (unpaired) electrons. The minimum Gasteiger partial charge on any atom is -0.481 e. The van der Waals surface area contributed by atoms with Crippen LogP contribution in [0.15, 0.2) is 30.3 Å². The molecule has 2 atom stereocenters. The van der Waals surface area contributed by atoms with Crippen LogP contribution in [-0.2, 0) is 31.5 Å². The lowest BCUT2D eigenvalue weighted by Crippen LogP contribution is -2.64. The third-order valence-corrected chi connectivity index (χ3v) is 24.3. The first-order valence-electron chi connectivity index (χ1n) is 15.6. The summed E-state index contributed by atoms with van der Waals surface area (Å²) >= 11 is 0. The van der Waals surface area contributed by atoms with Gasteiger partial charge in [-0.1, -0.05) is 30.3 Å². The van der Waals surface area contributed by atoms with Crippen molar-refractivity contribution in [3.63, 3.8) is 0 Å². The molecule has 0 heterocycles. The smallest absolute Gasteiger partial charge is 0.350 e. The Balaban J connectivity index is 3.37. The number of carboxylic acid groups (broad SMARTS) is 4. The molecule has 4 N–H and O–H groups in total. The fourth-order valence-electron chi connectivity index (χ4n) is 5.70. The lowest BCUT2D eigenvalue weighted by atomic mass is 9.99. The van der Waals surface area contributed by atoms with E-state index in [-0.39, 0.29) is 25.7 Å². The van der Waals surface area contributed by atoms with Crippen molar-refractivity contribution in [3.8, 4) is 0 Å². The molecule has 0 saturated heterocycles. The van der Waals surface area contributed by atoms with Crippen molar-refractivity contribution >= 4 is 62.8 Å². The topological polar surface area (TPSA) is 177 Å². The number of aliphatic carboxylic acids is 4. The van der Waals surface area contributed by atoms with Crippen molar-refractivity contribution in [2.24, 2.45) is 17.8 Å². The Hall–Kier alpha value is -2.15. The zero-order valence-corrected chi connectivity index (χ0v) is 32.0. The highest BCUT2D eigenvalue weighted by Gasteiger charge is 2.49. The number of hydrogen-bond donors (Lipinski definition) is 4. The van der Waals surface area contributed by atoms with E-state index in [1.165, 1.54) is 0 Å². The van der Waals surface area contributed by atoms with Gasteiger partial charge in [-0.2, -0.15) is 0 Å². The number of benzene rings is 1. The van der Waals surface area contributed by atoms with Crippen molar-refractivity contribution in [2.75, 3.05) is 0 Å². The molecule has 0 fully saturated rings. The van der Waals surface area contributed by atoms with Gasteiger partial charge in [0.25, 0.3) is 0 Å².